The number of hydrogen-bond acceptors (Lipinski definition) is 2. The van der Waals surface area contributed by atoms with Gasteiger partial charge >= 0.3 is 0 Å². The van der Waals surface area contributed by atoms with Gasteiger partial charge in [-0.3, -0.25) is 0 Å². The van der Waals surface area contributed by atoms with E-state index in [0.717, 1.165) is 99.0 Å². The second-order valence-electron chi connectivity index (χ2n) is 16.7. The molecule has 0 saturated carbocycles. The first-order valence-electron chi connectivity index (χ1n) is 21.8. The molecule has 0 unspecified atom stereocenters. The van der Waals surface area contributed by atoms with Crippen LogP contribution < -0.4 is 0 Å². The molecule has 0 spiro atoms. The van der Waals surface area contributed by atoms with Gasteiger partial charge in [-0.25, -0.2) is 0 Å². The second kappa shape index (κ2) is 14.2. The van der Waals surface area contributed by atoms with Crippen LogP contribution in [0.15, 0.2) is 212 Å². The van der Waals surface area contributed by atoms with Gasteiger partial charge in [-0.15, -0.1) is 0 Å². The highest BCUT2D eigenvalue weighted by atomic mass is 15.1. The summed E-state index contributed by atoms with van der Waals surface area (Å²) in [5, 5.41) is 30.9. The second-order valence-corrected chi connectivity index (χ2v) is 16.7. The summed E-state index contributed by atoms with van der Waals surface area (Å²) in [7, 11) is 0. The average Bonchev–Trinajstić information content (AvgIpc) is 4.01. The van der Waals surface area contributed by atoms with Crippen molar-refractivity contribution in [3.8, 4) is 51.5 Å². The van der Waals surface area contributed by atoms with E-state index in [1.54, 1.807) is 6.07 Å². The molecule has 13 rings (SSSR count). The van der Waals surface area contributed by atoms with E-state index < -0.39 is 0 Å². The van der Waals surface area contributed by atoms with Crippen molar-refractivity contribution < 1.29 is 0 Å². The number of benzene rings is 10. The van der Waals surface area contributed by atoms with Crippen LogP contribution in [0.25, 0.3) is 116 Å². The molecule has 0 atom stereocenters. The minimum Gasteiger partial charge on any atom is -0.309 e. The minimum atomic E-state index is 0.320. The highest BCUT2D eigenvalue weighted by Crippen LogP contribution is 2.44. The molecule has 3 aromatic heterocycles. The highest BCUT2D eigenvalue weighted by molar-refractivity contribution is 6.22. The molecule has 0 aliphatic carbocycles. The van der Waals surface area contributed by atoms with Crippen LogP contribution in [0.4, 0.5) is 0 Å². The van der Waals surface area contributed by atoms with Crippen molar-refractivity contribution in [2.24, 2.45) is 0 Å². The molecule has 13 aromatic rings. The predicted molar refractivity (Wildman–Crippen MR) is 267 cm³/mol. The largest absolute Gasteiger partial charge is 0.309 e. The summed E-state index contributed by atoms with van der Waals surface area (Å²) in [6.45, 7) is 0. The monoisotopic (exact) mass is 825 g/mol. The van der Waals surface area contributed by atoms with Crippen molar-refractivity contribution in [2.45, 2.75) is 0 Å². The summed E-state index contributed by atoms with van der Waals surface area (Å²) in [5.41, 5.74) is 13.8. The van der Waals surface area contributed by atoms with Gasteiger partial charge in [0.05, 0.1) is 55.6 Å². The van der Waals surface area contributed by atoms with Gasteiger partial charge in [-0.2, -0.15) is 10.5 Å². The molecule has 3 heterocycles. The van der Waals surface area contributed by atoms with Crippen molar-refractivity contribution in [3.63, 3.8) is 0 Å². The molecule has 0 aliphatic rings. The van der Waals surface area contributed by atoms with Gasteiger partial charge in [-0.05, 0) is 106 Å². The van der Waals surface area contributed by atoms with Crippen LogP contribution in [0.2, 0.25) is 0 Å². The van der Waals surface area contributed by atoms with Crippen LogP contribution in [-0.2, 0) is 0 Å². The molecular weight excluding hydrogens is 791 g/mol. The van der Waals surface area contributed by atoms with E-state index >= 15 is 0 Å². The molecule has 0 radical (unpaired) electrons. The van der Waals surface area contributed by atoms with E-state index in [1.807, 2.05) is 18.2 Å². The summed E-state index contributed by atoms with van der Waals surface area (Å²) in [4.78, 5) is 0. The molecule has 0 saturated heterocycles. The quantitative estimate of drug-likeness (QED) is 0.173. The average molecular weight is 826 g/mol. The minimum absolute atomic E-state index is 0.320. The van der Waals surface area contributed by atoms with Gasteiger partial charge < -0.3 is 13.7 Å². The topological polar surface area (TPSA) is 62.4 Å². The van der Waals surface area contributed by atoms with Crippen LogP contribution in [0, 0.1) is 22.7 Å². The van der Waals surface area contributed by atoms with E-state index in [1.165, 1.54) is 10.8 Å². The van der Waals surface area contributed by atoms with E-state index in [2.05, 4.69) is 214 Å². The molecule has 0 bridgehead atoms. The molecule has 65 heavy (non-hydrogen) atoms. The lowest BCUT2D eigenvalue weighted by Gasteiger charge is -2.19. The smallest absolute Gasteiger partial charge is 0.103 e. The van der Waals surface area contributed by atoms with Crippen molar-refractivity contribution >= 4 is 76.2 Å². The fourth-order valence-electron chi connectivity index (χ4n) is 10.5. The Balaban J connectivity index is 1.15. The first-order valence-corrected chi connectivity index (χ1v) is 21.8. The van der Waals surface area contributed by atoms with Gasteiger partial charge in [0, 0.05) is 38.0 Å². The molecular formula is C60H35N5. The van der Waals surface area contributed by atoms with Crippen molar-refractivity contribution in [1.82, 2.24) is 13.7 Å². The Labute approximate surface area is 373 Å². The standard InChI is InChI=1S/C60H35N5/c61-36-43-26-31-58(60(51(43)37-62)65-54-28-24-41(38-13-3-1-4-14-38)33-48(54)49-34-42(25-29-55(49)65)39-15-5-2-6-16-39)64-56-32-27-44(35-50(56)59-45-18-8-7-17-40(45)23-30-57(59)64)63-52-21-11-9-19-46(52)47-20-10-12-22-53(47)63/h1-35H. The number of nitriles is 2. The molecule has 300 valence electrons. The van der Waals surface area contributed by atoms with Gasteiger partial charge in [0.15, 0.2) is 0 Å². The Morgan fingerprint density at radius 1 is 0.323 bits per heavy atom. The lowest BCUT2D eigenvalue weighted by Crippen LogP contribution is -2.07. The number of hydrogen-bond donors (Lipinski definition) is 0. The lowest BCUT2D eigenvalue weighted by molar-refractivity contribution is 1.08. The Morgan fingerprint density at radius 3 is 1.46 bits per heavy atom. The van der Waals surface area contributed by atoms with Crippen LogP contribution in [0.3, 0.4) is 0 Å². The number of nitrogens with zero attached hydrogens (tertiary/aromatic N) is 5. The third-order valence-corrected chi connectivity index (χ3v) is 13.3. The summed E-state index contributed by atoms with van der Waals surface area (Å²) >= 11 is 0. The Hall–Kier alpha value is -9.16. The van der Waals surface area contributed by atoms with Crippen molar-refractivity contribution in [3.05, 3.63) is 223 Å². The predicted octanol–water partition coefficient (Wildman–Crippen LogP) is 15.2. The molecule has 0 fully saturated rings. The fourth-order valence-corrected chi connectivity index (χ4v) is 10.5. The SMILES string of the molecule is N#Cc1ccc(-n2c3ccc(-n4c5ccccc5c5ccccc54)cc3c3c4ccccc4ccc32)c(-n2c3ccc(-c4ccccc4)cc3c3cc(-c4ccccc4)ccc32)c1C#N. The van der Waals surface area contributed by atoms with Crippen molar-refractivity contribution in [2.75, 3.05) is 0 Å². The van der Waals surface area contributed by atoms with Gasteiger partial charge in [0.1, 0.15) is 12.1 Å². The number of fused-ring (bicyclic) bond motifs is 11. The number of para-hydroxylation sites is 2. The summed E-state index contributed by atoms with van der Waals surface area (Å²) in [6.07, 6.45) is 0. The molecule has 5 nitrogen and oxygen atoms in total. The summed E-state index contributed by atoms with van der Waals surface area (Å²) in [6, 6.07) is 79.7. The van der Waals surface area contributed by atoms with E-state index in [-0.39, 0.29) is 0 Å². The van der Waals surface area contributed by atoms with Crippen molar-refractivity contribution in [1.29, 1.82) is 10.5 Å². The zero-order valence-electron chi connectivity index (χ0n) is 34.9. The zero-order valence-corrected chi connectivity index (χ0v) is 34.9. The summed E-state index contributed by atoms with van der Waals surface area (Å²) in [5.74, 6) is 0. The Kier molecular flexibility index (Phi) is 7.97. The maximum atomic E-state index is 11.2. The van der Waals surface area contributed by atoms with Crippen LogP contribution in [0.1, 0.15) is 11.1 Å². The maximum Gasteiger partial charge on any atom is 0.103 e. The fraction of sp³-hybridized carbons (Fsp3) is 0. The normalized spacial score (nSPS) is 11.7. The van der Waals surface area contributed by atoms with E-state index in [9.17, 15) is 10.5 Å². The highest BCUT2D eigenvalue weighted by Gasteiger charge is 2.26. The first-order chi connectivity index (χ1) is 32.2. The van der Waals surface area contributed by atoms with Gasteiger partial charge in [0.25, 0.3) is 0 Å². The zero-order chi connectivity index (χ0) is 43.2. The maximum absolute atomic E-state index is 11.2. The number of aromatic nitrogens is 3. The Morgan fingerprint density at radius 2 is 0.846 bits per heavy atom. The summed E-state index contributed by atoms with van der Waals surface area (Å²) < 4.78 is 6.89. The number of rotatable bonds is 5. The molecule has 0 N–H and O–H groups in total. The van der Waals surface area contributed by atoms with Crippen LogP contribution >= 0.6 is 0 Å². The molecule has 10 aromatic carbocycles. The lowest BCUT2D eigenvalue weighted by atomic mass is 10.0. The molecule has 0 amide bonds. The van der Waals surface area contributed by atoms with E-state index in [4.69, 9.17) is 0 Å². The molecule has 5 heteroatoms. The van der Waals surface area contributed by atoms with E-state index in [0.29, 0.717) is 16.8 Å². The van der Waals surface area contributed by atoms with Crippen LogP contribution in [0.5, 0.6) is 0 Å². The Bertz CT molecular complexity index is 4040. The third kappa shape index (κ3) is 5.37. The van der Waals surface area contributed by atoms with Gasteiger partial charge in [-0.1, -0.05) is 140 Å². The first kappa shape index (κ1) is 36.5. The molecule has 0 aliphatic heterocycles. The third-order valence-electron chi connectivity index (χ3n) is 13.3. The van der Waals surface area contributed by atoms with Gasteiger partial charge in [0.2, 0.25) is 0 Å². The van der Waals surface area contributed by atoms with Crippen LogP contribution in [-0.4, -0.2) is 13.7 Å².